The molecule has 314 valence electrons. The number of fused-ring (bicyclic) bond motifs is 10. The Morgan fingerprint density at radius 2 is 0.700 bits per heavy atom. The fourth-order valence-corrected chi connectivity index (χ4v) is 9.32. The fourth-order valence-electron chi connectivity index (χ4n) is 9.32. The Balaban J connectivity index is 1.61. The van der Waals surface area contributed by atoms with Crippen molar-refractivity contribution in [3.05, 3.63) is 93.6 Å². The summed E-state index contributed by atoms with van der Waals surface area (Å²) in [5.74, 6) is 0. The Morgan fingerprint density at radius 3 is 0.983 bits per heavy atom. The van der Waals surface area contributed by atoms with Gasteiger partial charge in [-0.2, -0.15) is 0 Å². The molecule has 60 heavy (non-hydrogen) atoms. The summed E-state index contributed by atoms with van der Waals surface area (Å²) >= 11 is 0. The van der Waals surface area contributed by atoms with Crippen LogP contribution in [0.25, 0.3) is 66.3 Å². The summed E-state index contributed by atoms with van der Waals surface area (Å²) in [5.41, 5.74) is 19.0. The van der Waals surface area contributed by atoms with E-state index in [1.807, 2.05) is 0 Å². The van der Waals surface area contributed by atoms with E-state index in [2.05, 4.69) is 196 Å². The average Bonchev–Trinajstić information content (AvgIpc) is 3.67. The predicted octanol–water partition coefficient (Wildman–Crippen LogP) is 14.5. The van der Waals surface area contributed by atoms with Crippen molar-refractivity contribution in [2.45, 2.75) is 171 Å². The second-order valence-corrected chi connectivity index (χ2v) is 24.1. The third-order valence-electron chi connectivity index (χ3n) is 12.5. The van der Waals surface area contributed by atoms with Gasteiger partial charge >= 0.3 is 0 Å². The lowest BCUT2D eigenvalue weighted by Gasteiger charge is -2.25. The molecule has 6 aromatic heterocycles. The summed E-state index contributed by atoms with van der Waals surface area (Å²) in [6.45, 7) is 45.6. The first-order chi connectivity index (χ1) is 27.4. The van der Waals surface area contributed by atoms with Crippen molar-refractivity contribution in [2.75, 3.05) is 0 Å². The van der Waals surface area contributed by atoms with Crippen molar-refractivity contribution >= 4 is 55.2 Å². The summed E-state index contributed by atoms with van der Waals surface area (Å²) in [6, 6.07) is 18.9. The van der Waals surface area contributed by atoms with Gasteiger partial charge < -0.3 is 0 Å². The van der Waals surface area contributed by atoms with Crippen LogP contribution in [0.2, 0.25) is 0 Å². The lowest BCUT2D eigenvalue weighted by Crippen LogP contribution is -2.19. The summed E-state index contributed by atoms with van der Waals surface area (Å²) in [7, 11) is 0. The number of rotatable bonds is 1. The van der Waals surface area contributed by atoms with Crippen LogP contribution >= 0.6 is 0 Å². The van der Waals surface area contributed by atoms with Gasteiger partial charge in [0, 0.05) is 66.3 Å². The molecule has 0 atom stereocenters. The van der Waals surface area contributed by atoms with Crippen molar-refractivity contribution in [3.8, 4) is 11.1 Å². The number of hydrogen-bond acceptors (Lipinski definition) is 4. The number of hydrogen-bond donors (Lipinski definition) is 0. The van der Waals surface area contributed by atoms with E-state index in [1.54, 1.807) is 0 Å². The van der Waals surface area contributed by atoms with E-state index in [0.717, 1.165) is 77.7 Å². The maximum Gasteiger partial charge on any atom is 0.147 e. The van der Waals surface area contributed by atoms with E-state index < -0.39 is 0 Å². The van der Waals surface area contributed by atoms with Gasteiger partial charge in [0.2, 0.25) is 0 Å². The number of benzene rings is 2. The molecule has 0 spiro atoms. The summed E-state index contributed by atoms with van der Waals surface area (Å²) in [4.78, 5) is 22.2. The first kappa shape index (κ1) is 41.9. The zero-order valence-electron chi connectivity index (χ0n) is 40.3. The largest absolute Gasteiger partial charge is 0.295 e. The van der Waals surface area contributed by atoms with Crippen LogP contribution in [0, 0.1) is 13.8 Å². The predicted molar refractivity (Wildman–Crippen MR) is 257 cm³/mol. The van der Waals surface area contributed by atoms with Crippen LogP contribution in [0.4, 0.5) is 0 Å². The zero-order chi connectivity index (χ0) is 44.2. The highest BCUT2D eigenvalue weighted by Gasteiger charge is 2.31. The van der Waals surface area contributed by atoms with E-state index in [1.165, 1.54) is 33.6 Å². The zero-order valence-corrected chi connectivity index (χ0v) is 40.3. The van der Waals surface area contributed by atoms with Crippen LogP contribution in [0.5, 0.6) is 0 Å². The molecule has 0 amide bonds. The molecule has 6 heterocycles. The molecule has 0 N–H and O–H groups in total. The molecule has 0 aliphatic carbocycles. The average molecular weight is 801 g/mol. The van der Waals surface area contributed by atoms with E-state index in [-0.39, 0.29) is 32.5 Å². The van der Waals surface area contributed by atoms with Crippen LogP contribution in [-0.4, -0.2) is 28.7 Å². The van der Waals surface area contributed by atoms with Crippen molar-refractivity contribution in [1.29, 1.82) is 0 Å². The van der Waals surface area contributed by atoms with Crippen LogP contribution < -0.4 is 0 Å². The normalized spacial score (nSPS) is 14.0. The summed E-state index contributed by atoms with van der Waals surface area (Å²) in [6.07, 6.45) is 0. The lowest BCUT2D eigenvalue weighted by atomic mass is 9.82. The standard InChI is InChI=1S/C54H68N6/c1-29-21-35-37(55-45(29)53(15,16)17)27-41(51(9,10)11)59-39-25-31(49(3,4)5)23-33(43(39)57-47(35)59)34-24-32(50(6,7)8)26-40-44(34)58-48-36-22-30(2)46(54(18,19)20)56-38(36)28-42(60(40)48)52(12,13)14/h21-28H,1-20H3. The third kappa shape index (κ3) is 6.68. The van der Waals surface area contributed by atoms with E-state index >= 15 is 0 Å². The maximum atomic E-state index is 5.73. The summed E-state index contributed by atoms with van der Waals surface area (Å²) < 4.78 is 4.88. The molecule has 8 rings (SSSR count). The van der Waals surface area contributed by atoms with Gasteiger partial charge in [0.05, 0.1) is 33.1 Å². The van der Waals surface area contributed by atoms with Gasteiger partial charge in [-0.25, -0.2) is 9.97 Å². The third-order valence-corrected chi connectivity index (χ3v) is 12.5. The first-order valence-electron chi connectivity index (χ1n) is 22.0. The van der Waals surface area contributed by atoms with E-state index in [4.69, 9.17) is 19.9 Å². The molecular formula is C54H68N6. The lowest BCUT2D eigenvalue weighted by molar-refractivity contribution is 0.561. The van der Waals surface area contributed by atoms with Crippen LogP contribution in [0.1, 0.15) is 170 Å². The number of pyridine rings is 4. The highest BCUT2D eigenvalue weighted by molar-refractivity contribution is 6.08. The molecule has 8 aromatic rings. The van der Waals surface area contributed by atoms with Gasteiger partial charge in [0.15, 0.2) is 0 Å². The molecule has 0 fully saturated rings. The van der Waals surface area contributed by atoms with Gasteiger partial charge in [0.1, 0.15) is 11.3 Å². The Kier molecular flexibility index (Phi) is 8.96. The van der Waals surface area contributed by atoms with Crippen molar-refractivity contribution in [2.24, 2.45) is 0 Å². The Bertz CT molecular complexity index is 2880. The minimum absolute atomic E-state index is 0.0828. The topological polar surface area (TPSA) is 60.4 Å². The van der Waals surface area contributed by atoms with Crippen molar-refractivity contribution in [3.63, 3.8) is 0 Å². The van der Waals surface area contributed by atoms with E-state index in [9.17, 15) is 0 Å². The summed E-state index contributed by atoms with van der Waals surface area (Å²) in [5, 5.41) is 2.15. The molecule has 0 aliphatic rings. The molecule has 2 aromatic carbocycles. The fraction of sp³-hybridized carbons (Fsp3) is 0.481. The molecular weight excluding hydrogens is 733 g/mol. The Hall–Kier alpha value is -4.84. The molecule has 0 aliphatic heterocycles. The second kappa shape index (κ2) is 12.8. The van der Waals surface area contributed by atoms with Gasteiger partial charge in [-0.1, -0.05) is 125 Å². The van der Waals surface area contributed by atoms with E-state index in [0.29, 0.717) is 0 Å². The molecule has 0 unspecified atom stereocenters. The SMILES string of the molecule is Cc1cc2c(cc(C(C)(C)C)n3c4cc(C(C)(C)C)cc(-c5cc(C(C)(C)C)cc6c5nc5c7cc(C)c(C(C)(C)C)nc7cc(C(C)(C)C)n65)c4nc23)nc1C(C)(C)C. The number of aromatic nitrogens is 6. The van der Waals surface area contributed by atoms with Gasteiger partial charge in [-0.05, 0) is 95.5 Å². The maximum absolute atomic E-state index is 5.73. The van der Waals surface area contributed by atoms with Crippen molar-refractivity contribution < 1.29 is 0 Å². The molecule has 0 saturated heterocycles. The monoisotopic (exact) mass is 801 g/mol. The highest BCUT2D eigenvalue weighted by atomic mass is 15.1. The van der Waals surface area contributed by atoms with Gasteiger partial charge in [-0.15, -0.1) is 0 Å². The van der Waals surface area contributed by atoms with Crippen LogP contribution in [-0.2, 0) is 32.5 Å². The first-order valence-corrected chi connectivity index (χ1v) is 22.0. The number of imidazole rings is 2. The number of nitrogens with zero attached hydrogens (tertiary/aromatic N) is 6. The minimum atomic E-state index is -0.184. The molecule has 6 nitrogen and oxygen atoms in total. The Morgan fingerprint density at radius 1 is 0.367 bits per heavy atom. The van der Waals surface area contributed by atoms with Gasteiger partial charge in [0.25, 0.3) is 0 Å². The quantitative estimate of drug-likeness (QED) is 0.166. The minimum Gasteiger partial charge on any atom is -0.295 e. The van der Waals surface area contributed by atoms with Gasteiger partial charge in [-0.3, -0.25) is 18.8 Å². The molecule has 0 radical (unpaired) electrons. The number of aryl methyl sites for hydroxylation is 2. The Labute approximate surface area is 358 Å². The highest BCUT2D eigenvalue weighted by Crippen LogP contribution is 2.44. The van der Waals surface area contributed by atoms with Crippen molar-refractivity contribution in [1.82, 2.24) is 28.7 Å². The second-order valence-electron chi connectivity index (χ2n) is 24.1. The molecule has 6 heteroatoms. The smallest absolute Gasteiger partial charge is 0.147 e. The molecule has 0 saturated carbocycles. The van der Waals surface area contributed by atoms with Crippen LogP contribution in [0.3, 0.4) is 0 Å². The van der Waals surface area contributed by atoms with Crippen LogP contribution in [0.15, 0.2) is 48.5 Å². The molecule has 0 bridgehead atoms.